The van der Waals surface area contributed by atoms with Crippen LogP contribution in [0.15, 0.2) is 4.99 Å². The van der Waals surface area contributed by atoms with E-state index < -0.39 is 212 Å². The van der Waals surface area contributed by atoms with Crippen LogP contribution in [0.2, 0.25) is 0 Å². The van der Waals surface area contributed by atoms with E-state index in [1.807, 2.05) is 0 Å². The van der Waals surface area contributed by atoms with E-state index in [0.29, 0.717) is 38.6 Å². The molecule has 0 unspecified atom stereocenters. The number of nitrogens with one attached hydrogen (secondary N) is 9. The summed E-state index contributed by atoms with van der Waals surface area (Å²) < 4.78 is 49.1. The van der Waals surface area contributed by atoms with Gasteiger partial charge in [0.05, 0.1) is 25.4 Å². The number of unbranched alkanes of at least 4 members (excludes halogenated alkanes) is 2. The van der Waals surface area contributed by atoms with E-state index in [1.165, 1.54) is 11.8 Å². The summed E-state index contributed by atoms with van der Waals surface area (Å²) in [5, 5.41) is 59.0. The summed E-state index contributed by atoms with van der Waals surface area (Å²) in [5.41, 5.74) is 28.4. The minimum Gasteiger partial charge on any atom is -0.480 e. The predicted molar refractivity (Wildman–Crippen MR) is 374 cm³/mol. The SMILES string of the molecule is CC(C)[C@H](NC(=O)[C@H](C)NC(=O)[C@@H](NC(=O)[C@@H](N)CCCCN)C(C)C)C(=O)N[C@H](C(=O)N[C@@H](CCCN=C(N)N)C(=O)N[C@H](C(=O)N1CCC[C@H]1C(=O)N1CCC[C@H]1C(=O)N[C@@H](CCCCN)C(=O)N[C@@H](CO)C(=O)N1CCC[C@H]1C(=O)N[C@@H](CO)C(=O)O)[C@@H](C)OP(=O)(O)O)C(C)C.O=C(O)C(F)(F)F. The molecule has 0 radical (unpaired) electrons. The first-order valence-corrected chi connectivity index (χ1v) is 36.8. The average Bonchev–Trinajstić information content (AvgIpc) is 1.68. The van der Waals surface area contributed by atoms with Crippen LogP contribution in [-0.4, -0.2) is 277 Å². The molecular formula is C63H110F3N18O22P. The highest BCUT2D eigenvalue weighted by molar-refractivity contribution is 7.46. The number of alkyl halides is 3. The maximum Gasteiger partial charge on any atom is 0.490 e. The molecule has 25 N–H and O–H groups in total. The third kappa shape index (κ3) is 31.0. The first kappa shape index (κ1) is 94.6. The highest BCUT2D eigenvalue weighted by Gasteiger charge is 2.48. The normalized spacial score (nSPS) is 19.0. The number of carboxylic acids is 2. The fraction of sp³-hybridized carbons (Fsp3) is 0.762. The van der Waals surface area contributed by atoms with Crippen LogP contribution in [0.3, 0.4) is 0 Å². The number of hydrogen-bond donors (Lipinski definition) is 20. The molecule has 3 heterocycles. The Balaban J connectivity index is 0.00000527. The molecule has 0 aromatic heterocycles. The fourth-order valence-electron chi connectivity index (χ4n) is 11.7. The number of nitrogens with two attached hydrogens (primary N) is 5. The zero-order valence-electron chi connectivity index (χ0n) is 61.3. The summed E-state index contributed by atoms with van der Waals surface area (Å²) in [4.78, 5) is 216. The van der Waals surface area contributed by atoms with E-state index in [-0.39, 0.29) is 96.5 Å². The number of amides is 12. The number of guanidine groups is 1. The van der Waals surface area contributed by atoms with Gasteiger partial charge in [-0.05, 0) is 128 Å². The van der Waals surface area contributed by atoms with Gasteiger partial charge in [-0.25, -0.2) is 14.2 Å². The number of aliphatic imine (C=N–C) groups is 1. The Morgan fingerprint density at radius 1 is 0.505 bits per heavy atom. The molecule has 3 fully saturated rings. The van der Waals surface area contributed by atoms with Gasteiger partial charge in [-0.3, -0.25) is 67.1 Å². The van der Waals surface area contributed by atoms with E-state index in [0.717, 1.165) is 16.7 Å². The number of aliphatic hydroxyl groups excluding tert-OH is 2. The molecule has 0 spiro atoms. The Hall–Kier alpha value is -8.45. The molecule has 3 rings (SSSR count). The number of aliphatic carboxylic acids is 2. The van der Waals surface area contributed by atoms with Gasteiger partial charge in [-0.15, -0.1) is 0 Å². The molecule has 44 heteroatoms. The Morgan fingerprint density at radius 2 is 0.897 bits per heavy atom. The Morgan fingerprint density at radius 3 is 1.36 bits per heavy atom. The Labute approximate surface area is 616 Å². The van der Waals surface area contributed by atoms with E-state index in [2.05, 4.69) is 52.8 Å². The zero-order chi connectivity index (χ0) is 81.5. The fourth-order valence-corrected chi connectivity index (χ4v) is 12.3. The minimum absolute atomic E-state index is 0.000665. The van der Waals surface area contributed by atoms with Crippen molar-refractivity contribution in [3.8, 4) is 0 Å². The minimum atomic E-state index is -5.45. The van der Waals surface area contributed by atoms with Gasteiger partial charge in [0.25, 0.3) is 0 Å². The number of hydrogen-bond acceptors (Lipinski definition) is 22. The molecule has 0 bridgehead atoms. The smallest absolute Gasteiger partial charge is 0.480 e. The highest BCUT2D eigenvalue weighted by Crippen LogP contribution is 2.39. The van der Waals surface area contributed by atoms with Crippen LogP contribution in [0.5, 0.6) is 0 Å². The van der Waals surface area contributed by atoms with Gasteiger partial charge in [0.15, 0.2) is 5.96 Å². The quantitative estimate of drug-likeness (QED) is 0.0117. The maximum atomic E-state index is 14.9. The molecule has 0 aromatic carbocycles. The van der Waals surface area contributed by atoms with Crippen molar-refractivity contribution in [3.05, 3.63) is 0 Å². The number of phosphoric ester groups is 1. The standard InChI is InChI=1S/C61H109N18O20P.C2HF3O2/c1-31(2)44(74-49(83)36(64)17-9-11-23-62)54(88)68-34(7)48(82)73-46(33(5)6)56(90)75-45(32(3)4)55(89)70-38(19-13-25-67-61(65)66)51(85)76-47(35(8)99-100(96,97)98)59(93)79-28-16-22-43(79)58(92)78-27-15-21-42(78)52(86)69-37(18-10-12-24-63)50(84)71-39(29-80)57(91)77-26-14-20-41(77)53(87)72-40(30-81)60(94)95;3-2(4,5)1(6)7/h31-47,80-81H,9-30,62-64H2,1-8H3,(H,68,88)(H,69,86)(H,70,89)(H,71,84)(H,72,87)(H,73,82)(H,74,83)(H,75,90)(H,76,85)(H,94,95)(H4,65,66,67)(H2,96,97,98);(H,6,7)/t34-,35+,36-,37-,38-,39-,40-,41-,42-,43-,44-,45-,46-,47-;/m0./s1. The molecule has 3 aliphatic heterocycles. The second-order valence-electron chi connectivity index (χ2n) is 27.2. The molecular weight excluding hydrogens is 1450 g/mol. The van der Waals surface area contributed by atoms with Crippen LogP contribution in [-0.2, 0) is 76.2 Å². The summed E-state index contributed by atoms with van der Waals surface area (Å²) >= 11 is 0. The Bertz CT molecular complexity index is 3130. The highest BCUT2D eigenvalue weighted by atomic mass is 31.2. The number of carboxylic acid groups (broad SMARTS) is 2. The van der Waals surface area contributed by atoms with Crippen molar-refractivity contribution >= 4 is 96.6 Å². The lowest BCUT2D eigenvalue weighted by atomic mass is 9.98. The molecule has 0 aromatic rings. The molecule has 107 heavy (non-hydrogen) atoms. The summed E-state index contributed by atoms with van der Waals surface area (Å²) in [5.74, 6) is -16.7. The van der Waals surface area contributed by atoms with E-state index in [9.17, 15) is 105 Å². The number of likely N-dealkylation sites (tertiary alicyclic amines) is 3. The third-order valence-electron chi connectivity index (χ3n) is 17.6. The second kappa shape index (κ2) is 45.4. The molecule has 3 aliphatic rings. The first-order chi connectivity index (χ1) is 49.9. The van der Waals surface area contributed by atoms with Crippen LogP contribution < -0.4 is 76.5 Å². The van der Waals surface area contributed by atoms with Gasteiger partial charge in [0, 0.05) is 26.2 Å². The summed E-state index contributed by atoms with van der Waals surface area (Å²) in [6, 6.07) is -18.1. The van der Waals surface area contributed by atoms with Gasteiger partial charge >= 0.3 is 25.9 Å². The largest absolute Gasteiger partial charge is 0.490 e. The summed E-state index contributed by atoms with van der Waals surface area (Å²) in [7, 11) is -5.45. The van der Waals surface area contributed by atoms with Gasteiger partial charge in [-0.1, -0.05) is 48.0 Å². The van der Waals surface area contributed by atoms with Gasteiger partial charge in [-0.2, -0.15) is 13.2 Å². The number of nitrogens with zero attached hydrogens (tertiary/aromatic N) is 4. The summed E-state index contributed by atoms with van der Waals surface area (Å²) in [6.07, 6.45) is -4.10. The van der Waals surface area contributed by atoms with Crippen LogP contribution in [0.1, 0.15) is 145 Å². The average molecular weight is 1560 g/mol. The summed E-state index contributed by atoms with van der Waals surface area (Å²) in [6.45, 7) is 10.6. The molecule has 0 saturated carbocycles. The van der Waals surface area contributed by atoms with Crippen molar-refractivity contribution in [1.82, 2.24) is 62.6 Å². The monoisotopic (exact) mass is 1560 g/mol. The number of phosphoric acid groups is 1. The number of rotatable bonds is 42. The molecule has 14 atom stereocenters. The molecule has 0 aliphatic carbocycles. The van der Waals surface area contributed by atoms with E-state index in [4.69, 9.17) is 43.1 Å². The molecule has 610 valence electrons. The van der Waals surface area contributed by atoms with Crippen molar-refractivity contribution < 1.29 is 120 Å². The van der Waals surface area contributed by atoms with Gasteiger partial charge in [0.2, 0.25) is 70.9 Å². The lowest BCUT2D eigenvalue weighted by Crippen LogP contribution is -2.62. The number of carbonyl (C=O) groups is 14. The van der Waals surface area contributed by atoms with Crippen LogP contribution >= 0.6 is 7.82 Å². The van der Waals surface area contributed by atoms with Gasteiger partial charge < -0.3 is 121 Å². The van der Waals surface area contributed by atoms with Crippen molar-refractivity contribution in [1.29, 1.82) is 0 Å². The number of carbonyl (C=O) groups excluding carboxylic acids is 12. The Kier molecular flexibility index (Phi) is 40.1. The lowest BCUT2D eigenvalue weighted by molar-refractivity contribution is -0.192. The zero-order valence-corrected chi connectivity index (χ0v) is 62.2. The lowest BCUT2D eigenvalue weighted by Gasteiger charge is -2.35. The van der Waals surface area contributed by atoms with Crippen molar-refractivity contribution in [3.63, 3.8) is 0 Å². The van der Waals surface area contributed by atoms with E-state index >= 15 is 0 Å². The third-order valence-corrected chi connectivity index (χ3v) is 18.2. The second-order valence-corrected chi connectivity index (χ2v) is 28.3. The molecule has 12 amide bonds. The van der Waals surface area contributed by atoms with Crippen LogP contribution in [0, 0.1) is 17.8 Å². The number of halogens is 3. The van der Waals surface area contributed by atoms with E-state index in [1.54, 1.807) is 41.5 Å². The molecule has 40 nitrogen and oxygen atoms in total. The number of aliphatic hydroxyl groups is 2. The maximum absolute atomic E-state index is 14.9. The van der Waals surface area contributed by atoms with Crippen molar-refractivity contribution in [2.45, 2.75) is 236 Å². The van der Waals surface area contributed by atoms with Crippen LogP contribution in [0.4, 0.5) is 13.2 Å². The topological polar surface area (TPSA) is 647 Å². The predicted octanol–water partition coefficient (Wildman–Crippen LogP) is -5.85. The molecule has 3 saturated heterocycles. The van der Waals surface area contributed by atoms with Crippen molar-refractivity contribution in [2.24, 2.45) is 51.4 Å². The van der Waals surface area contributed by atoms with Gasteiger partial charge in [0.1, 0.15) is 72.5 Å². The van der Waals surface area contributed by atoms with Crippen molar-refractivity contribution in [2.75, 3.05) is 52.5 Å². The first-order valence-electron chi connectivity index (χ1n) is 35.2. The van der Waals surface area contributed by atoms with Crippen LogP contribution in [0.25, 0.3) is 0 Å².